The van der Waals surface area contributed by atoms with Crippen LogP contribution in [0.4, 0.5) is 0 Å². The average molecular weight is 423 g/mol. The van der Waals surface area contributed by atoms with Crippen LogP contribution in [-0.2, 0) is 4.74 Å². The Labute approximate surface area is 182 Å². The zero-order chi connectivity index (χ0) is 22.8. The summed E-state index contributed by atoms with van der Waals surface area (Å²) in [7, 11) is 10.4. The van der Waals surface area contributed by atoms with Crippen molar-refractivity contribution < 1.29 is 14.9 Å². The summed E-state index contributed by atoms with van der Waals surface area (Å²) in [6.07, 6.45) is 5.35. The van der Waals surface area contributed by atoms with Gasteiger partial charge >= 0.3 is 0 Å². The molecule has 7 nitrogen and oxygen atoms in total. The van der Waals surface area contributed by atoms with Crippen molar-refractivity contribution in [1.82, 2.24) is 20.0 Å². The topological polar surface area (TPSA) is 71.4 Å². The molecule has 0 aliphatic carbocycles. The first-order valence-corrected chi connectivity index (χ1v) is 11.4. The molecule has 0 heterocycles. The smallest absolute Gasteiger partial charge is 0.0593 e. The normalized spacial score (nSPS) is 10.8. The van der Waals surface area contributed by atoms with Crippen molar-refractivity contribution in [2.75, 3.05) is 101 Å². The summed E-state index contributed by atoms with van der Waals surface area (Å²) >= 11 is 0. The number of unbranched alkanes of at least 4 members (excludes halogenated alkanes) is 3. The largest absolute Gasteiger partial charge is 0.396 e. The Morgan fingerprint density at radius 2 is 1.24 bits per heavy atom. The first-order chi connectivity index (χ1) is 14.0. The van der Waals surface area contributed by atoms with Crippen molar-refractivity contribution in [3.8, 4) is 0 Å². The first-order valence-electron chi connectivity index (χ1n) is 11.4. The van der Waals surface area contributed by atoms with Crippen LogP contribution in [0.25, 0.3) is 0 Å². The van der Waals surface area contributed by atoms with Gasteiger partial charge in [0.2, 0.25) is 0 Å². The summed E-state index contributed by atoms with van der Waals surface area (Å²) in [6, 6.07) is 0. The maximum atomic E-state index is 8.57. The molecule has 0 unspecified atom stereocenters. The van der Waals surface area contributed by atoms with Crippen LogP contribution in [0.2, 0.25) is 0 Å². The van der Waals surface area contributed by atoms with E-state index in [1.807, 2.05) is 20.9 Å². The standard InChI is InChI=1S/C10H24N2O2.C10H24N2O.C2H6/c1-11(2)5-6-12(3)7-10-14-9-4-8-13;1-11-7-9-12(2)8-5-3-4-6-10-13;1-2/h13H,4-10H2,1-3H3;11,13H,3-10H2,1-2H3;1-2H3. The molecule has 0 saturated heterocycles. The molecule has 0 saturated carbocycles. The van der Waals surface area contributed by atoms with Gasteiger partial charge in [-0.2, -0.15) is 0 Å². The fourth-order valence-electron chi connectivity index (χ4n) is 2.23. The van der Waals surface area contributed by atoms with Crippen LogP contribution in [0.1, 0.15) is 46.0 Å². The Kier molecular flexibility index (Phi) is 34.4. The number of likely N-dealkylation sites (N-methyl/N-ethyl adjacent to an activating group) is 4. The monoisotopic (exact) mass is 422 g/mol. The molecule has 0 aromatic heterocycles. The number of hydrogen-bond acceptors (Lipinski definition) is 7. The van der Waals surface area contributed by atoms with Gasteiger partial charge in [0.25, 0.3) is 0 Å². The fraction of sp³-hybridized carbons (Fsp3) is 1.00. The summed E-state index contributed by atoms with van der Waals surface area (Å²) < 4.78 is 5.34. The number of nitrogens with zero attached hydrogens (tertiary/aromatic N) is 3. The molecule has 0 aromatic carbocycles. The quantitative estimate of drug-likeness (QED) is 0.290. The average Bonchev–Trinajstić information content (AvgIpc) is 2.72. The first kappa shape index (κ1) is 33.4. The summed E-state index contributed by atoms with van der Waals surface area (Å²) in [6.45, 7) is 12.4. The lowest BCUT2D eigenvalue weighted by Gasteiger charge is -2.18. The third kappa shape index (κ3) is 35.5. The number of aliphatic hydroxyl groups excluding tert-OH is 2. The van der Waals surface area contributed by atoms with E-state index in [1.54, 1.807) is 0 Å². The molecule has 0 fully saturated rings. The number of ether oxygens (including phenoxy) is 1. The third-order valence-corrected chi connectivity index (χ3v) is 4.18. The van der Waals surface area contributed by atoms with Crippen molar-refractivity contribution in [2.45, 2.75) is 46.0 Å². The Balaban J connectivity index is -0.000000430. The van der Waals surface area contributed by atoms with Gasteiger partial charge in [-0.25, -0.2) is 0 Å². The lowest BCUT2D eigenvalue weighted by molar-refractivity contribution is 0.0964. The molecular weight excluding hydrogens is 368 g/mol. The molecule has 0 bridgehead atoms. The fourth-order valence-corrected chi connectivity index (χ4v) is 2.23. The van der Waals surface area contributed by atoms with Crippen molar-refractivity contribution in [2.24, 2.45) is 0 Å². The summed E-state index contributed by atoms with van der Waals surface area (Å²) in [4.78, 5) is 6.76. The highest BCUT2D eigenvalue weighted by atomic mass is 16.5. The van der Waals surface area contributed by atoms with E-state index in [0.717, 1.165) is 58.6 Å². The highest BCUT2D eigenvalue weighted by molar-refractivity contribution is 4.54. The van der Waals surface area contributed by atoms with Gasteiger partial charge < -0.3 is 35.0 Å². The molecule has 7 heteroatoms. The van der Waals surface area contributed by atoms with Crippen LogP contribution in [0, 0.1) is 0 Å². The lowest BCUT2D eigenvalue weighted by atomic mass is 10.2. The van der Waals surface area contributed by atoms with Crippen LogP contribution in [-0.4, -0.2) is 126 Å². The summed E-state index contributed by atoms with van der Waals surface area (Å²) in [5.74, 6) is 0. The Bertz CT molecular complexity index is 272. The highest BCUT2D eigenvalue weighted by Crippen LogP contribution is 1.99. The van der Waals surface area contributed by atoms with E-state index in [9.17, 15) is 0 Å². The maximum absolute atomic E-state index is 8.57. The molecule has 0 rings (SSSR count). The van der Waals surface area contributed by atoms with E-state index in [-0.39, 0.29) is 6.61 Å². The second-order valence-electron chi connectivity index (χ2n) is 7.34. The Morgan fingerprint density at radius 3 is 1.79 bits per heavy atom. The number of rotatable bonds is 18. The number of hydrogen-bond donors (Lipinski definition) is 3. The third-order valence-electron chi connectivity index (χ3n) is 4.18. The molecule has 3 N–H and O–H groups in total. The molecule has 0 atom stereocenters. The second kappa shape index (κ2) is 29.9. The van der Waals surface area contributed by atoms with Crippen LogP contribution in [0.3, 0.4) is 0 Å². The molecule has 0 spiro atoms. The van der Waals surface area contributed by atoms with Crippen LogP contribution < -0.4 is 5.32 Å². The second-order valence-corrected chi connectivity index (χ2v) is 7.34. The van der Waals surface area contributed by atoms with Crippen molar-refractivity contribution in [3.05, 3.63) is 0 Å². The van der Waals surface area contributed by atoms with Gasteiger partial charge in [-0.1, -0.05) is 26.7 Å². The zero-order valence-corrected chi connectivity index (χ0v) is 20.8. The van der Waals surface area contributed by atoms with Crippen molar-refractivity contribution >= 4 is 0 Å². The molecular formula is C22H54N4O3. The number of nitrogens with one attached hydrogen (secondary N) is 1. The van der Waals surface area contributed by atoms with Crippen LogP contribution in [0.5, 0.6) is 0 Å². The van der Waals surface area contributed by atoms with Gasteiger partial charge in [-0.15, -0.1) is 0 Å². The minimum absolute atomic E-state index is 0.219. The van der Waals surface area contributed by atoms with Crippen molar-refractivity contribution in [3.63, 3.8) is 0 Å². The van der Waals surface area contributed by atoms with Gasteiger partial charge in [0.05, 0.1) is 6.61 Å². The zero-order valence-electron chi connectivity index (χ0n) is 20.8. The predicted molar refractivity (Wildman–Crippen MR) is 127 cm³/mol. The van der Waals surface area contributed by atoms with Crippen LogP contribution >= 0.6 is 0 Å². The molecule has 0 aliphatic heterocycles. The molecule has 0 aromatic rings. The minimum atomic E-state index is 0.219. The van der Waals surface area contributed by atoms with Crippen molar-refractivity contribution in [1.29, 1.82) is 0 Å². The van der Waals surface area contributed by atoms with Gasteiger partial charge in [0.1, 0.15) is 0 Å². The van der Waals surface area contributed by atoms with E-state index in [4.69, 9.17) is 14.9 Å². The van der Waals surface area contributed by atoms with E-state index in [0.29, 0.717) is 13.2 Å². The van der Waals surface area contributed by atoms with E-state index in [2.05, 4.69) is 48.2 Å². The lowest BCUT2D eigenvalue weighted by Crippen LogP contribution is -2.31. The SMILES string of the molecule is CC.CN(C)CCN(C)CCOCCCO.CNCCN(C)CCCCCCO. The molecule has 0 amide bonds. The van der Waals surface area contributed by atoms with E-state index >= 15 is 0 Å². The molecule has 180 valence electrons. The van der Waals surface area contributed by atoms with Crippen LogP contribution in [0.15, 0.2) is 0 Å². The maximum Gasteiger partial charge on any atom is 0.0593 e. The molecule has 29 heavy (non-hydrogen) atoms. The van der Waals surface area contributed by atoms with Gasteiger partial charge in [-0.3, -0.25) is 0 Å². The Hall–Kier alpha value is -0.280. The van der Waals surface area contributed by atoms with E-state index < -0.39 is 0 Å². The predicted octanol–water partition coefficient (Wildman–Crippen LogP) is 1.60. The number of aliphatic hydroxyl groups is 2. The van der Waals surface area contributed by atoms with E-state index in [1.165, 1.54) is 19.4 Å². The van der Waals surface area contributed by atoms with Gasteiger partial charge in [0.15, 0.2) is 0 Å². The Morgan fingerprint density at radius 1 is 0.655 bits per heavy atom. The molecule has 0 radical (unpaired) electrons. The summed E-state index contributed by atoms with van der Waals surface area (Å²) in [5, 5.41) is 20.2. The molecule has 0 aliphatic rings. The van der Waals surface area contributed by atoms with Gasteiger partial charge in [0, 0.05) is 52.5 Å². The highest BCUT2D eigenvalue weighted by Gasteiger charge is 1.98. The minimum Gasteiger partial charge on any atom is -0.396 e. The van der Waals surface area contributed by atoms with Gasteiger partial charge in [-0.05, 0) is 61.0 Å². The summed E-state index contributed by atoms with van der Waals surface area (Å²) in [5.41, 5.74) is 0.